The Hall–Kier alpha value is -0.680. The summed E-state index contributed by atoms with van der Waals surface area (Å²) >= 11 is 17.1. The predicted octanol–water partition coefficient (Wildman–Crippen LogP) is 5.53. The van der Waals surface area contributed by atoms with Crippen molar-refractivity contribution in [3.63, 3.8) is 0 Å². The Morgan fingerprint density at radius 2 is 1.81 bits per heavy atom. The van der Waals surface area contributed by atoms with Crippen molar-refractivity contribution in [3.8, 4) is 0 Å². The van der Waals surface area contributed by atoms with E-state index in [0.717, 1.165) is 15.7 Å². The molecule has 1 heterocycles. The molecule has 0 N–H and O–H groups in total. The standard InChI is InChI=1S/C15H10BrCl2NOS/c16-10-3-1-9(2-4-10)15-19(14(20)8-21-15)11-5-6-12(17)13(18)7-11/h1-7,15H,8H2/t15-/m1/s1. The summed E-state index contributed by atoms with van der Waals surface area (Å²) in [5, 5.41) is 0.899. The van der Waals surface area contributed by atoms with Crippen molar-refractivity contribution < 1.29 is 4.79 Å². The SMILES string of the molecule is O=C1CS[C@H](c2ccc(Br)cc2)N1c1ccc(Cl)c(Cl)c1. The van der Waals surface area contributed by atoms with E-state index in [-0.39, 0.29) is 11.3 Å². The Morgan fingerprint density at radius 3 is 2.48 bits per heavy atom. The minimum absolute atomic E-state index is 0.0390. The summed E-state index contributed by atoms with van der Waals surface area (Å²) in [6.45, 7) is 0. The molecule has 0 bridgehead atoms. The highest BCUT2D eigenvalue weighted by Gasteiger charge is 2.34. The molecule has 1 aliphatic heterocycles. The molecular weight excluding hydrogens is 393 g/mol. The number of carbonyl (C=O) groups is 1. The van der Waals surface area contributed by atoms with Gasteiger partial charge in [-0.1, -0.05) is 51.3 Å². The number of hydrogen-bond donors (Lipinski definition) is 0. The van der Waals surface area contributed by atoms with Crippen molar-refractivity contribution in [2.45, 2.75) is 5.37 Å². The van der Waals surface area contributed by atoms with Crippen LogP contribution in [0, 0.1) is 0 Å². The van der Waals surface area contributed by atoms with E-state index in [2.05, 4.69) is 15.9 Å². The molecule has 0 unspecified atom stereocenters. The maximum atomic E-state index is 12.2. The Morgan fingerprint density at radius 1 is 1.10 bits per heavy atom. The molecule has 1 amide bonds. The van der Waals surface area contributed by atoms with Gasteiger partial charge in [0.1, 0.15) is 5.37 Å². The van der Waals surface area contributed by atoms with Gasteiger partial charge in [0.2, 0.25) is 5.91 Å². The molecule has 6 heteroatoms. The summed E-state index contributed by atoms with van der Waals surface area (Å²) < 4.78 is 1.02. The smallest absolute Gasteiger partial charge is 0.238 e. The van der Waals surface area contributed by atoms with Gasteiger partial charge < -0.3 is 0 Å². The molecule has 108 valence electrons. The van der Waals surface area contributed by atoms with E-state index in [9.17, 15) is 4.79 Å². The van der Waals surface area contributed by atoms with Crippen molar-refractivity contribution in [2.24, 2.45) is 0 Å². The van der Waals surface area contributed by atoms with Gasteiger partial charge in [0, 0.05) is 10.2 Å². The van der Waals surface area contributed by atoms with E-state index < -0.39 is 0 Å². The molecule has 0 spiro atoms. The van der Waals surface area contributed by atoms with Gasteiger partial charge in [-0.15, -0.1) is 11.8 Å². The highest BCUT2D eigenvalue weighted by Crippen LogP contribution is 2.43. The van der Waals surface area contributed by atoms with Gasteiger partial charge >= 0.3 is 0 Å². The molecule has 1 fully saturated rings. The van der Waals surface area contributed by atoms with Crippen LogP contribution < -0.4 is 4.90 Å². The maximum Gasteiger partial charge on any atom is 0.238 e. The molecule has 1 atom stereocenters. The average Bonchev–Trinajstić information content (AvgIpc) is 2.85. The first kappa shape index (κ1) is 15.2. The zero-order valence-corrected chi connectivity index (χ0v) is 14.6. The Bertz CT molecular complexity index is 693. The van der Waals surface area contributed by atoms with Crippen LogP contribution >= 0.6 is 50.9 Å². The molecule has 2 aromatic rings. The summed E-state index contributed by atoms with van der Waals surface area (Å²) in [5.41, 5.74) is 1.85. The fourth-order valence-electron chi connectivity index (χ4n) is 2.21. The number of thioether (sulfide) groups is 1. The van der Waals surface area contributed by atoms with Crippen LogP contribution in [0.25, 0.3) is 0 Å². The molecule has 0 aromatic heterocycles. The van der Waals surface area contributed by atoms with E-state index in [1.54, 1.807) is 28.8 Å². The number of amides is 1. The molecule has 3 rings (SSSR count). The number of benzene rings is 2. The normalized spacial score (nSPS) is 18.3. The van der Waals surface area contributed by atoms with Crippen LogP contribution in [0.1, 0.15) is 10.9 Å². The zero-order valence-electron chi connectivity index (χ0n) is 10.7. The second-order valence-corrected chi connectivity index (χ2v) is 7.38. The van der Waals surface area contributed by atoms with Crippen molar-refractivity contribution in [1.82, 2.24) is 0 Å². The van der Waals surface area contributed by atoms with Gasteiger partial charge in [0.15, 0.2) is 0 Å². The third-order valence-electron chi connectivity index (χ3n) is 3.20. The van der Waals surface area contributed by atoms with Gasteiger partial charge in [0.25, 0.3) is 0 Å². The van der Waals surface area contributed by atoms with E-state index >= 15 is 0 Å². The van der Waals surface area contributed by atoms with Crippen molar-refractivity contribution in [3.05, 3.63) is 62.5 Å². The third-order valence-corrected chi connectivity index (χ3v) is 5.68. The van der Waals surface area contributed by atoms with Crippen LogP contribution in [0.4, 0.5) is 5.69 Å². The highest BCUT2D eigenvalue weighted by atomic mass is 79.9. The van der Waals surface area contributed by atoms with Gasteiger partial charge in [-0.05, 0) is 35.9 Å². The number of carbonyl (C=O) groups excluding carboxylic acids is 1. The van der Waals surface area contributed by atoms with E-state index in [4.69, 9.17) is 23.2 Å². The molecular formula is C15H10BrCl2NOS. The maximum absolute atomic E-state index is 12.2. The Balaban J connectivity index is 1.99. The second kappa shape index (κ2) is 6.21. The topological polar surface area (TPSA) is 20.3 Å². The summed E-state index contributed by atoms with van der Waals surface area (Å²) in [7, 11) is 0. The molecule has 0 radical (unpaired) electrons. The quantitative estimate of drug-likeness (QED) is 0.657. The number of nitrogens with zero attached hydrogens (tertiary/aromatic N) is 1. The monoisotopic (exact) mass is 401 g/mol. The van der Waals surface area contributed by atoms with Gasteiger partial charge in [-0.25, -0.2) is 0 Å². The number of hydrogen-bond acceptors (Lipinski definition) is 2. The van der Waals surface area contributed by atoms with Crippen molar-refractivity contribution >= 4 is 62.5 Å². The first-order valence-electron chi connectivity index (χ1n) is 6.20. The fourth-order valence-corrected chi connectivity index (χ4v) is 3.95. The summed E-state index contributed by atoms with van der Waals surface area (Å²) in [6, 6.07) is 13.3. The minimum atomic E-state index is -0.0390. The molecule has 2 nitrogen and oxygen atoms in total. The summed E-state index contributed by atoms with van der Waals surface area (Å²) in [6.07, 6.45) is 0. The summed E-state index contributed by atoms with van der Waals surface area (Å²) in [4.78, 5) is 14.0. The molecule has 0 aliphatic carbocycles. The van der Waals surface area contributed by atoms with E-state index in [1.807, 2.05) is 30.3 Å². The van der Waals surface area contributed by atoms with Crippen molar-refractivity contribution in [2.75, 3.05) is 10.7 Å². The Kier molecular flexibility index (Phi) is 4.50. The molecule has 21 heavy (non-hydrogen) atoms. The molecule has 1 saturated heterocycles. The molecule has 1 aliphatic rings. The molecule has 2 aromatic carbocycles. The van der Waals surface area contributed by atoms with Crippen LogP contribution in [-0.4, -0.2) is 11.7 Å². The first-order chi connectivity index (χ1) is 10.1. The van der Waals surface area contributed by atoms with Crippen LogP contribution in [0.5, 0.6) is 0 Å². The van der Waals surface area contributed by atoms with Gasteiger partial charge in [-0.3, -0.25) is 9.69 Å². The van der Waals surface area contributed by atoms with Crippen molar-refractivity contribution in [1.29, 1.82) is 0 Å². The number of anilines is 1. The van der Waals surface area contributed by atoms with Crippen LogP contribution in [0.15, 0.2) is 46.9 Å². The largest absolute Gasteiger partial charge is 0.295 e. The van der Waals surface area contributed by atoms with Gasteiger partial charge in [-0.2, -0.15) is 0 Å². The second-order valence-electron chi connectivity index (χ2n) is 4.58. The average molecular weight is 403 g/mol. The lowest BCUT2D eigenvalue weighted by Gasteiger charge is -2.24. The Labute approximate surface area is 145 Å². The fraction of sp³-hybridized carbons (Fsp3) is 0.133. The number of halogens is 3. The minimum Gasteiger partial charge on any atom is -0.295 e. The predicted molar refractivity (Wildman–Crippen MR) is 93.3 cm³/mol. The van der Waals surface area contributed by atoms with E-state index in [0.29, 0.717) is 15.8 Å². The van der Waals surface area contributed by atoms with Gasteiger partial charge in [0.05, 0.1) is 15.8 Å². The van der Waals surface area contributed by atoms with Crippen LogP contribution in [0.3, 0.4) is 0 Å². The molecule has 0 saturated carbocycles. The van der Waals surface area contributed by atoms with Crippen LogP contribution in [-0.2, 0) is 4.79 Å². The summed E-state index contributed by atoms with van der Waals surface area (Å²) in [5.74, 6) is 0.535. The lowest BCUT2D eigenvalue weighted by Crippen LogP contribution is -2.27. The highest BCUT2D eigenvalue weighted by molar-refractivity contribution is 9.10. The van der Waals surface area contributed by atoms with Crippen LogP contribution in [0.2, 0.25) is 10.0 Å². The zero-order chi connectivity index (χ0) is 15.0. The number of rotatable bonds is 2. The lowest BCUT2D eigenvalue weighted by molar-refractivity contribution is -0.115. The third kappa shape index (κ3) is 3.09. The lowest BCUT2D eigenvalue weighted by atomic mass is 10.2. The van der Waals surface area contributed by atoms with E-state index in [1.165, 1.54) is 0 Å². The first-order valence-corrected chi connectivity index (χ1v) is 8.80.